The average molecular weight is 211 g/mol. The van der Waals surface area contributed by atoms with Crippen molar-refractivity contribution < 1.29 is 4.79 Å². The first kappa shape index (κ1) is 9.40. The zero-order valence-electron chi connectivity index (χ0n) is 9.37. The van der Waals surface area contributed by atoms with Crippen LogP contribution in [0.25, 0.3) is 5.70 Å². The van der Waals surface area contributed by atoms with E-state index in [9.17, 15) is 4.79 Å². The van der Waals surface area contributed by atoms with Crippen LogP contribution < -0.4 is 5.32 Å². The molecule has 3 rings (SSSR count). The SMILES string of the molecule is CC1(C)C=CNC2=C1C(=O)c1ccccc12. The molecule has 16 heavy (non-hydrogen) atoms. The van der Waals surface area contributed by atoms with Gasteiger partial charge in [-0.25, -0.2) is 0 Å². The Morgan fingerprint density at radius 3 is 2.56 bits per heavy atom. The molecule has 0 fully saturated rings. The van der Waals surface area contributed by atoms with Crippen LogP contribution in [-0.4, -0.2) is 5.78 Å². The Morgan fingerprint density at radius 1 is 1.12 bits per heavy atom. The predicted octanol–water partition coefficient (Wildman–Crippen LogP) is 2.74. The van der Waals surface area contributed by atoms with Gasteiger partial charge in [0, 0.05) is 22.1 Å². The van der Waals surface area contributed by atoms with E-state index in [1.807, 2.05) is 36.5 Å². The van der Waals surface area contributed by atoms with Gasteiger partial charge in [0.2, 0.25) is 0 Å². The van der Waals surface area contributed by atoms with Crippen LogP contribution in [0.5, 0.6) is 0 Å². The lowest BCUT2D eigenvalue weighted by atomic mass is 9.80. The Kier molecular flexibility index (Phi) is 1.67. The van der Waals surface area contributed by atoms with Crippen LogP contribution in [0.1, 0.15) is 29.8 Å². The van der Waals surface area contributed by atoms with Crippen molar-refractivity contribution in [2.24, 2.45) is 5.41 Å². The number of hydrogen-bond acceptors (Lipinski definition) is 2. The molecule has 0 amide bonds. The molecule has 0 radical (unpaired) electrons. The minimum absolute atomic E-state index is 0.160. The van der Waals surface area contributed by atoms with Gasteiger partial charge in [0.05, 0.1) is 5.70 Å². The van der Waals surface area contributed by atoms with E-state index >= 15 is 0 Å². The third-order valence-corrected chi connectivity index (χ3v) is 3.29. The number of rotatable bonds is 0. The maximum absolute atomic E-state index is 12.3. The van der Waals surface area contributed by atoms with E-state index in [0.717, 1.165) is 22.4 Å². The molecule has 0 bridgehead atoms. The van der Waals surface area contributed by atoms with E-state index in [1.165, 1.54) is 0 Å². The maximum Gasteiger partial charge on any atom is 0.192 e. The summed E-state index contributed by atoms with van der Waals surface area (Å²) in [7, 11) is 0. The first-order chi connectivity index (χ1) is 7.61. The van der Waals surface area contributed by atoms with Crippen molar-refractivity contribution in [2.75, 3.05) is 0 Å². The minimum atomic E-state index is -0.184. The van der Waals surface area contributed by atoms with Gasteiger partial charge in [-0.15, -0.1) is 0 Å². The van der Waals surface area contributed by atoms with Gasteiger partial charge < -0.3 is 5.32 Å². The van der Waals surface area contributed by atoms with Gasteiger partial charge in [0.15, 0.2) is 5.78 Å². The highest BCUT2D eigenvalue weighted by Crippen LogP contribution is 2.43. The van der Waals surface area contributed by atoms with E-state index in [0.29, 0.717) is 0 Å². The Hall–Kier alpha value is -1.83. The summed E-state index contributed by atoms with van der Waals surface area (Å²) in [5.41, 5.74) is 3.53. The van der Waals surface area contributed by atoms with Crippen LogP contribution in [0, 0.1) is 5.41 Å². The van der Waals surface area contributed by atoms with Gasteiger partial charge in [-0.3, -0.25) is 4.79 Å². The smallest absolute Gasteiger partial charge is 0.192 e. The van der Waals surface area contributed by atoms with Gasteiger partial charge in [-0.2, -0.15) is 0 Å². The first-order valence-corrected chi connectivity index (χ1v) is 5.44. The predicted molar refractivity (Wildman–Crippen MR) is 63.7 cm³/mol. The van der Waals surface area contributed by atoms with Crippen molar-refractivity contribution in [3.63, 3.8) is 0 Å². The molecule has 0 saturated heterocycles. The number of Topliss-reactive ketones (excluding diaryl/α,β-unsaturated/α-hetero) is 1. The maximum atomic E-state index is 12.3. The number of hydrogen-bond donors (Lipinski definition) is 1. The zero-order valence-corrected chi connectivity index (χ0v) is 9.37. The molecule has 1 aromatic carbocycles. The second kappa shape index (κ2) is 2.85. The van der Waals surface area contributed by atoms with E-state index in [2.05, 4.69) is 19.2 Å². The summed E-state index contributed by atoms with van der Waals surface area (Å²) in [6.07, 6.45) is 3.96. The van der Waals surface area contributed by atoms with Gasteiger partial charge in [-0.05, 0) is 6.20 Å². The van der Waals surface area contributed by atoms with Crippen LogP contribution in [-0.2, 0) is 0 Å². The third-order valence-electron chi connectivity index (χ3n) is 3.29. The lowest BCUT2D eigenvalue weighted by molar-refractivity contribution is 0.102. The number of dihydropyridines is 1. The standard InChI is InChI=1S/C14H13NO/c1-14(2)7-8-15-12-9-5-3-4-6-10(9)13(16)11(12)14/h3-8,15H,1-2H3. The van der Waals surface area contributed by atoms with Crippen molar-refractivity contribution in [1.82, 2.24) is 5.32 Å². The number of nitrogens with one attached hydrogen (secondary N) is 1. The molecule has 2 heteroatoms. The Labute approximate surface area is 94.7 Å². The number of allylic oxidation sites excluding steroid dienone is 2. The number of carbonyl (C=O) groups is 1. The molecule has 0 unspecified atom stereocenters. The van der Waals surface area contributed by atoms with Gasteiger partial charge in [-0.1, -0.05) is 44.2 Å². The number of carbonyl (C=O) groups excluding carboxylic acids is 1. The van der Waals surface area contributed by atoms with E-state index in [4.69, 9.17) is 0 Å². The molecular weight excluding hydrogens is 198 g/mol. The number of fused-ring (bicyclic) bond motifs is 2. The van der Waals surface area contributed by atoms with E-state index < -0.39 is 0 Å². The second-order valence-corrected chi connectivity index (χ2v) is 4.82. The molecule has 80 valence electrons. The lowest BCUT2D eigenvalue weighted by Gasteiger charge is -2.26. The molecule has 2 aliphatic rings. The zero-order chi connectivity index (χ0) is 11.3. The first-order valence-electron chi connectivity index (χ1n) is 5.44. The number of ketones is 1. The summed E-state index contributed by atoms with van der Waals surface area (Å²) in [4.78, 5) is 12.3. The molecule has 1 N–H and O–H groups in total. The Morgan fingerprint density at radius 2 is 1.81 bits per heavy atom. The van der Waals surface area contributed by atoms with Crippen molar-refractivity contribution in [3.05, 3.63) is 53.2 Å². The van der Waals surface area contributed by atoms with Gasteiger partial charge >= 0.3 is 0 Å². The quantitative estimate of drug-likeness (QED) is 0.715. The highest BCUT2D eigenvalue weighted by Gasteiger charge is 2.38. The van der Waals surface area contributed by atoms with Crippen molar-refractivity contribution in [3.8, 4) is 0 Å². The largest absolute Gasteiger partial charge is 0.361 e. The molecule has 0 spiro atoms. The van der Waals surface area contributed by atoms with Crippen molar-refractivity contribution in [2.45, 2.75) is 13.8 Å². The van der Waals surface area contributed by atoms with Crippen LogP contribution >= 0.6 is 0 Å². The summed E-state index contributed by atoms with van der Waals surface area (Å²) in [6, 6.07) is 7.77. The van der Waals surface area contributed by atoms with Gasteiger partial charge in [0.25, 0.3) is 0 Å². The van der Waals surface area contributed by atoms with Crippen LogP contribution in [0.2, 0.25) is 0 Å². The normalized spacial score (nSPS) is 20.5. The van der Waals surface area contributed by atoms with Crippen molar-refractivity contribution >= 4 is 11.5 Å². The topological polar surface area (TPSA) is 29.1 Å². The van der Waals surface area contributed by atoms with E-state index in [-0.39, 0.29) is 11.2 Å². The summed E-state index contributed by atoms with van der Waals surface area (Å²) in [5, 5.41) is 3.20. The molecule has 1 aromatic rings. The molecule has 0 saturated carbocycles. The fourth-order valence-electron chi connectivity index (χ4n) is 2.46. The molecule has 0 atom stereocenters. The third kappa shape index (κ3) is 1.04. The van der Waals surface area contributed by atoms with Gasteiger partial charge in [0.1, 0.15) is 0 Å². The summed E-state index contributed by atoms with van der Waals surface area (Å²) < 4.78 is 0. The summed E-state index contributed by atoms with van der Waals surface area (Å²) in [5.74, 6) is 0.160. The fraction of sp³-hybridized carbons (Fsp3) is 0.214. The monoisotopic (exact) mass is 211 g/mol. The number of benzene rings is 1. The van der Waals surface area contributed by atoms with Crippen LogP contribution in [0.15, 0.2) is 42.1 Å². The Balaban J connectivity index is 2.27. The fourth-order valence-corrected chi connectivity index (χ4v) is 2.46. The molecular formula is C14H13NO. The minimum Gasteiger partial charge on any atom is -0.361 e. The Bertz CT molecular complexity index is 550. The van der Waals surface area contributed by atoms with Crippen molar-refractivity contribution in [1.29, 1.82) is 0 Å². The molecule has 1 aliphatic carbocycles. The van der Waals surface area contributed by atoms with Crippen LogP contribution in [0.4, 0.5) is 0 Å². The van der Waals surface area contributed by atoms with E-state index in [1.54, 1.807) is 0 Å². The highest BCUT2D eigenvalue weighted by atomic mass is 16.1. The highest BCUT2D eigenvalue weighted by molar-refractivity contribution is 6.21. The lowest BCUT2D eigenvalue weighted by Crippen LogP contribution is -2.24. The second-order valence-electron chi connectivity index (χ2n) is 4.82. The summed E-state index contributed by atoms with van der Waals surface area (Å²) in [6.45, 7) is 4.15. The van der Waals surface area contributed by atoms with Crippen LogP contribution in [0.3, 0.4) is 0 Å². The molecule has 0 aromatic heterocycles. The summed E-state index contributed by atoms with van der Waals surface area (Å²) >= 11 is 0. The molecule has 1 aliphatic heterocycles. The molecule has 1 heterocycles. The molecule has 2 nitrogen and oxygen atoms in total. The average Bonchev–Trinajstić information content (AvgIpc) is 2.54.